The number of nitrogens with one attached hydrogen (secondary N) is 2. The number of nitrogens with zero attached hydrogens (tertiary/aromatic N) is 5. The van der Waals surface area contributed by atoms with Crippen LogP contribution in [-0.4, -0.2) is 63.6 Å². The van der Waals surface area contributed by atoms with Crippen molar-refractivity contribution in [2.75, 3.05) is 23.1 Å². The fourth-order valence-corrected chi connectivity index (χ4v) is 5.69. The second-order valence-electron chi connectivity index (χ2n) is 11.0. The summed E-state index contributed by atoms with van der Waals surface area (Å²) in [5.74, 6) is -0.978. The molecule has 2 aromatic heterocycles. The highest BCUT2D eigenvalue weighted by Gasteiger charge is 2.34. The van der Waals surface area contributed by atoms with Crippen LogP contribution in [0.3, 0.4) is 0 Å². The molecule has 0 atom stereocenters. The number of hydrogen-bond acceptors (Lipinski definition) is 7. The number of amides is 2. The molecule has 42 heavy (non-hydrogen) atoms. The van der Waals surface area contributed by atoms with Crippen LogP contribution in [0.1, 0.15) is 31.3 Å². The lowest BCUT2D eigenvalue weighted by molar-refractivity contribution is -0.00388. The monoisotopic (exact) mass is 617 g/mol. The Balaban J connectivity index is 1.23. The molecule has 0 aliphatic carbocycles. The third-order valence-corrected chi connectivity index (χ3v) is 7.99. The highest BCUT2D eigenvalue weighted by atomic mass is 35.5. The van der Waals surface area contributed by atoms with Crippen molar-refractivity contribution in [2.24, 2.45) is 13.0 Å². The fraction of sp³-hybridized carbons (Fsp3) is 0.333. The van der Waals surface area contributed by atoms with Gasteiger partial charge in [-0.25, -0.2) is 9.18 Å². The molecule has 1 aliphatic rings. The summed E-state index contributed by atoms with van der Waals surface area (Å²) in [5.41, 5.74) is 0.574. The number of halogens is 2. The maximum atomic E-state index is 13.5. The first-order valence-corrected chi connectivity index (χ1v) is 14.8. The second kappa shape index (κ2) is 10.9. The summed E-state index contributed by atoms with van der Waals surface area (Å²) in [6, 6.07) is 9.84. The molecular formula is C27H29ClFN7O5S. The molecule has 5 rings (SSSR count). The minimum absolute atomic E-state index is 0.124. The number of ether oxygens (including phenoxy) is 1. The molecule has 0 bridgehead atoms. The molecule has 0 radical (unpaired) electrons. The zero-order valence-corrected chi connectivity index (χ0v) is 24.8. The van der Waals surface area contributed by atoms with Gasteiger partial charge in [0.2, 0.25) is 0 Å². The maximum Gasteiger partial charge on any atom is 0.410 e. The summed E-state index contributed by atoms with van der Waals surface area (Å²) in [5, 5.41) is 11.4. The SMILES string of the molecule is Cn1nc2cc(NS(=O)(=O)c3ccn(CC4CN(C(=O)OC(C)(C)C)C4)n3)ccc2c1C(=O)Nc1ccc(F)c(Cl)c1. The van der Waals surface area contributed by atoms with Gasteiger partial charge in [0.15, 0.2) is 5.03 Å². The van der Waals surface area contributed by atoms with Crippen LogP contribution in [0.4, 0.5) is 20.6 Å². The van der Waals surface area contributed by atoms with Crippen molar-refractivity contribution in [1.29, 1.82) is 0 Å². The van der Waals surface area contributed by atoms with E-state index in [0.717, 1.165) is 6.07 Å². The summed E-state index contributed by atoms with van der Waals surface area (Å²) in [4.78, 5) is 26.7. The van der Waals surface area contributed by atoms with E-state index in [2.05, 4.69) is 20.2 Å². The molecule has 1 saturated heterocycles. The molecule has 15 heteroatoms. The van der Waals surface area contributed by atoms with E-state index < -0.39 is 27.3 Å². The van der Waals surface area contributed by atoms with E-state index in [1.54, 1.807) is 45.0 Å². The Labute approximate surface area is 246 Å². The van der Waals surface area contributed by atoms with Gasteiger partial charge in [0.25, 0.3) is 15.9 Å². The van der Waals surface area contributed by atoms with Gasteiger partial charge < -0.3 is 15.0 Å². The molecule has 0 saturated carbocycles. The average Bonchev–Trinajstić information content (AvgIpc) is 3.46. The van der Waals surface area contributed by atoms with Crippen LogP contribution in [0, 0.1) is 11.7 Å². The van der Waals surface area contributed by atoms with Crippen LogP contribution < -0.4 is 10.0 Å². The van der Waals surface area contributed by atoms with E-state index in [4.69, 9.17) is 16.3 Å². The first-order chi connectivity index (χ1) is 19.7. The first kappa shape index (κ1) is 29.3. The van der Waals surface area contributed by atoms with Crippen LogP contribution in [-0.2, 0) is 28.4 Å². The molecule has 1 aliphatic heterocycles. The van der Waals surface area contributed by atoms with Crippen molar-refractivity contribution in [3.8, 4) is 0 Å². The van der Waals surface area contributed by atoms with Gasteiger partial charge >= 0.3 is 6.09 Å². The number of hydrogen-bond donors (Lipinski definition) is 2. The molecule has 4 aromatic rings. The minimum Gasteiger partial charge on any atom is -0.444 e. The van der Waals surface area contributed by atoms with Crippen molar-refractivity contribution >= 4 is 55.9 Å². The molecule has 2 N–H and O–H groups in total. The van der Waals surface area contributed by atoms with Gasteiger partial charge in [-0.2, -0.15) is 18.6 Å². The highest BCUT2D eigenvalue weighted by Crippen LogP contribution is 2.26. The number of aryl methyl sites for hydroxylation is 1. The van der Waals surface area contributed by atoms with E-state index in [0.29, 0.717) is 36.2 Å². The molecule has 3 heterocycles. The van der Waals surface area contributed by atoms with Crippen molar-refractivity contribution in [3.63, 3.8) is 0 Å². The first-order valence-electron chi connectivity index (χ1n) is 13.0. The van der Waals surface area contributed by atoms with Gasteiger partial charge in [-0.3, -0.25) is 18.9 Å². The lowest BCUT2D eigenvalue weighted by atomic mass is 10.0. The molecule has 0 unspecified atom stereocenters. The lowest BCUT2D eigenvalue weighted by Gasteiger charge is -2.39. The summed E-state index contributed by atoms with van der Waals surface area (Å²) >= 11 is 5.81. The van der Waals surface area contributed by atoms with Gasteiger partial charge in [-0.1, -0.05) is 11.6 Å². The molecule has 0 spiro atoms. The van der Waals surface area contributed by atoms with Crippen molar-refractivity contribution in [3.05, 3.63) is 65.2 Å². The van der Waals surface area contributed by atoms with Gasteiger partial charge in [0.05, 0.1) is 16.2 Å². The molecule has 12 nitrogen and oxygen atoms in total. The Hall–Kier alpha value is -4.17. The fourth-order valence-electron chi connectivity index (χ4n) is 4.52. The van der Waals surface area contributed by atoms with E-state index >= 15 is 0 Å². The minimum atomic E-state index is -4.02. The number of sulfonamides is 1. The quantitative estimate of drug-likeness (QED) is 0.311. The predicted octanol–water partition coefficient (Wildman–Crippen LogP) is 4.48. The van der Waals surface area contributed by atoms with E-state index in [1.807, 2.05) is 0 Å². The van der Waals surface area contributed by atoms with Gasteiger partial charge in [0.1, 0.15) is 17.1 Å². The highest BCUT2D eigenvalue weighted by molar-refractivity contribution is 7.92. The number of anilines is 2. The van der Waals surface area contributed by atoms with E-state index in [9.17, 15) is 22.4 Å². The Kier molecular flexibility index (Phi) is 7.62. The van der Waals surface area contributed by atoms with Crippen LogP contribution >= 0.6 is 11.6 Å². The number of carbonyl (C=O) groups excluding carboxylic acids is 2. The largest absolute Gasteiger partial charge is 0.444 e. The standard InChI is InChI=1S/C27H29ClFN7O5S/c1-27(2,3)41-26(38)35-13-16(14-35)15-36-10-9-23(32-36)42(39,40)33-18-5-7-19-22(12-18)31-34(4)24(19)25(37)30-17-6-8-21(29)20(28)11-17/h5-12,16,33H,13-15H2,1-4H3,(H,30,37). The van der Waals surface area contributed by atoms with Crippen LogP contribution in [0.15, 0.2) is 53.7 Å². The maximum absolute atomic E-state index is 13.5. The Bertz CT molecular complexity index is 1790. The summed E-state index contributed by atoms with van der Waals surface area (Å²) < 4.78 is 50.3. The number of fused-ring (bicyclic) bond motifs is 1. The zero-order chi connectivity index (χ0) is 30.4. The normalized spacial score (nSPS) is 14.1. The summed E-state index contributed by atoms with van der Waals surface area (Å²) in [7, 11) is -2.44. The molecular weight excluding hydrogens is 589 g/mol. The van der Waals surface area contributed by atoms with E-state index in [1.165, 1.54) is 39.7 Å². The predicted molar refractivity (Wildman–Crippen MR) is 154 cm³/mol. The molecule has 222 valence electrons. The smallest absolute Gasteiger partial charge is 0.410 e. The van der Waals surface area contributed by atoms with Crippen LogP contribution in [0.5, 0.6) is 0 Å². The number of likely N-dealkylation sites (tertiary alicyclic amines) is 1. The van der Waals surface area contributed by atoms with Crippen molar-refractivity contribution < 1.29 is 27.1 Å². The average molecular weight is 618 g/mol. The third kappa shape index (κ3) is 6.34. The molecule has 1 fully saturated rings. The van der Waals surface area contributed by atoms with Crippen molar-refractivity contribution in [2.45, 2.75) is 37.9 Å². The third-order valence-electron chi connectivity index (χ3n) is 6.42. The summed E-state index contributed by atoms with van der Waals surface area (Å²) in [6.07, 6.45) is 1.20. The lowest BCUT2D eigenvalue weighted by Crippen LogP contribution is -2.52. The number of rotatable bonds is 7. The van der Waals surface area contributed by atoms with E-state index in [-0.39, 0.29) is 33.4 Å². The Morgan fingerprint density at radius 1 is 1.10 bits per heavy atom. The second-order valence-corrected chi connectivity index (χ2v) is 13.1. The van der Waals surface area contributed by atoms with Gasteiger partial charge in [-0.15, -0.1) is 0 Å². The van der Waals surface area contributed by atoms with Crippen LogP contribution in [0.25, 0.3) is 10.9 Å². The van der Waals surface area contributed by atoms with Gasteiger partial charge in [-0.05, 0) is 63.2 Å². The van der Waals surface area contributed by atoms with Gasteiger partial charge in [0, 0.05) is 49.9 Å². The molecule has 2 amide bonds. The van der Waals surface area contributed by atoms with Crippen molar-refractivity contribution in [1.82, 2.24) is 24.5 Å². The Morgan fingerprint density at radius 2 is 1.81 bits per heavy atom. The number of aromatic nitrogens is 4. The molecule has 2 aromatic carbocycles. The number of carbonyl (C=O) groups is 2. The topological polar surface area (TPSA) is 140 Å². The summed E-state index contributed by atoms with van der Waals surface area (Å²) in [6.45, 7) is 6.86. The van der Waals surface area contributed by atoms with Crippen LogP contribution in [0.2, 0.25) is 5.02 Å². The number of benzene rings is 2. The Morgan fingerprint density at radius 3 is 2.50 bits per heavy atom. The zero-order valence-electron chi connectivity index (χ0n) is 23.3.